The van der Waals surface area contributed by atoms with E-state index in [1.54, 1.807) is 42.5 Å². The Bertz CT molecular complexity index is 728. The summed E-state index contributed by atoms with van der Waals surface area (Å²) in [5.74, 6) is 0.527. The van der Waals surface area contributed by atoms with Crippen LogP contribution in [0.5, 0.6) is 17.2 Å². The van der Waals surface area contributed by atoms with Crippen molar-refractivity contribution in [2.75, 3.05) is 7.11 Å². The zero-order chi connectivity index (χ0) is 16.7. The zero-order valence-corrected chi connectivity index (χ0v) is 13.0. The van der Waals surface area contributed by atoms with E-state index in [0.29, 0.717) is 11.5 Å². The van der Waals surface area contributed by atoms with Gasteiger partial charge in [-0.05, 0) is 48.4 Å². The van der Waals surface area contributed by atoms with E-state index in [-0.39, 0.29) is 5.75 Å². The maximum atomic E-state index is 11.9. The van der Waals surface area contributed by atoms with Crippen molar-refractivity contribution in [1.29, 1.82) is 0 Å². The topological polar surface area (TPSA) is 55.8 Å². The maximum Gasteiger partial charge on any atom is 0.336 e. The molecule has 0 aliphatic carbocycles. The molecule has 0 aromatic heterocycles. The van der Waals surface area contributed by atoms with Gasteiger partial charge in [-0.3, -0.25) is 0 Å². The first-order valence-corrected chi connectivity index (χ1v) is 7.12. The van der Waals surface area contributed by atoms with E-state index in [0.717, 1.165) is 11.1 Å². The number of aromatic hydroxyl groups is 1. The minimum atomic E-state index is -0.504. The molecule has 0 aliphatic rings. The lowest BCUT2D eigenvalue weighted by molar-refractivity contribution is -0.129. The quantitative estimate of drug-likeness (QED) is 0.514. The number of carbonyl (C=O) groups is 1. The van der Waals surface area contributed by atoms with Crippen LogP contribution in [0.2, 0.25) is 0 Å². The van der Waals surface area contributed by atoms with Gasteiger partial charge in [0.1, 0.15) is 5.75 Å². The molecule has 2 aromatic rings. The summed E-state index contributed by atoms with van der Waals surface area (Å²) in [6.07, 6.45) is 6.79. The molecule has 0 spiro atoms. The zero-order valence-electron chi connectivity index (χ0n) is 13.0. The first kappa shape index (κ1) is 16.4. The molecule has 0 bridgehead atoms. The van der Waals surface area contributed by atoms with Crippen LogP contribution in [0, 0.1) is 0 Å². The van der Waals surface area contributed by atoms with Crippen LogP contribution in [0.3, 0.4) is 0 Å². The fourth-order valence-electron chi connectivity index (χ4n) is 1.96. The number of carbonyl (C=O) groups excluding carboxylic acids is 1. The van der Waals surface area contributed by atoms with Crippen LogP contribution < -0.4 is 9.47 Å². The first-order chi connectivity index (χ1) is 11.1. The first-order valence-electron chi connectivity index (χ1n) is 7.12. The SMILES string of the molecule is C/C=C/c1ccc(OC(=O)/C=C/c2ccc(O)cc2)c(OC)c1. The molecule has 2 rings (SSSR count). The van der Waals surface area contributed by atoms with Gasteiger partial charge in [0.2, 0.25) is 0 Å². The molecule has 2 aromatic carbocycles. The third kappa shape index (κ3) is 4.74. The summed E-state index contributed by atoms with van der Waals surface area (Å²) in [7, 11) is 1.53. The second kappa shape index (κ2) is 7.84. The smallest absolute Gasteiger partial charge is 0.336 e. The number of allylic oxidation sites excluding steroid dienone is 1. The van der Waals surface area contributed by atoms with Gasteiger partial charge in [0.25, 0.3) is 0 Å². The Morgan fingerprint density at radius 2 is 1.70 bits per heavy atom. The molecule has 0 atom stereocenters. The largest absolute Gasteiger partial charge is 0.508 e. The number of hydrogen-bond acceptors (Lipinski definition) is 4. The van der Waals surface area contributed by atoms with Crippen molar-refractivity contribution in [1.82, 2.24) is 0 Å². The molecular formula is C19H18O4. The van der Waals surface area contributed by atoms with Gasteiger partial charge in [0.15, 0.2) is 11.5 Å². The molecule has 118 valence electrons. The van der Waals surface area contributed by atoms with Crippen LogP contribution in [-0.2, 0) is 4.79 Å². The summed E-state index contributed by atoms with van der Waals surface area (Å²) >= 11 is 0. The highest BCUT2D eigenvalue weighted by molar-refractivity contribution is 5.89. The lowest BCUT2D eigenvalue weighted by Gasteiger charge is -2.08. The Morgan fingerprint density at radius 1 is 1.00 bits per heavy atom. The molecule has 0 saturated heterocycles. The third-order valence-corrected chi connectivity index (χ3v) is 3.06. The maximum absolute atomic E-state index is 11.9. The normalized spacial score (nSPS) is 11.0. The summed E-state index contributed by atoms with van der Waals surface area (Å²) in [4.78, 5) is 11.9. The predicted molar refractivity (Wildman–Crippen MR) is 90.5 cm³/mol. The van der Waals surface area contributed by atoms with Crippen LogP contribution in [0.15, 0.2) is 54.6 Å². The van der Waals surface area contributed by atoms with Crippen LogP contribution in [0.25, 0.3) is 12.2 Å². The standard InChI is InChI=1S/C19H18O4/c1-3-4-15-7-11-17(18(13-15)22-2)23-19(21)12-8-14-5-9-16(20)10-6-14/h3-13,20H,1-2H3/b4-3+,12-8+. The molecule has 0 unspecified atom stereocenters. The van der Waals surface area contributed by atoms with E-state index >= 15 is 0 Å². The molecule has 1 N–H and O–H groups in total. The van der Waals surface area contributed by atoms with Crippen molar-refractivity contribution in [3.05, 3.63) is 65.7 Å². The second-order valence-electron chi connectivity index (χ2n) is 4.76. The van der Waals surface area contributed by atoms with Crippen LogP contribution in [-0.4, -0.2) is 18.2 Å². The highest BCUT2D eigenvalue weighted by atomic mass is 16.6. The lowest BCUT2D eigenvalue weighted by atomic mass is 10.2. The van der Waals surface area contributed by atoms with E-state index in [9.17, 15) is 9.90 Å². The summed E-state index contributed by atoms with van der Waals surface area (Å²) in [5.41, 5.74) is 1.75. The summed E-state index contributed by atoms with van der Waals surface area (Å²) in [6.45, 7) is 1.93. The van der Waals surface area contributed by atoms with Gasteiger partial charge in [0, 0.05) is 6.08 Å². The number of hydrogen-bond donors (Lipinski definition) is 1. The minimum absolute atomic E-state index is 0.177. The molecular weight excluding hydrogens is 292 g/mol. The van der Waals surface area contributed by atoms with Gasteiger partial charge in [-0.15, -0.1) is 0 Å². The van der Waals surface area contributed by atoms with E-state index < -0.39 is 5.97 Å². The van der Waals surface area contributed by atoms with Crippen molar-refractivity contribution in [3.63, 3.8) is 0 Å². The Kier molecular flexibility index (Phi) is 5.58. The van der Waals surface area contributed by atoms with Gasteiger partial charge in [-0.2, -0.15) is 0 Å². The van der Waals surface area contributed by atoms with Crippen molar-refractivity contribution >= 4 is 18.1 Å². The number of benzene rings is 2. The van der Waals surface area contributed by atoms with E-state index in [1.165, 1.54) is 13.2 Å². The second-order valence-corrected chi connectivity index (χ2v) is 4.76. The predicted octanol–water partition coefficient (Wildman–Crippen LogP) is 4.05. The summed E-state index contributed by atoms with van der Waals surface area (Å²) in [6, 6.07) is 11.8. The number of ether oxygens (including phenoxy) is 2. The average Bonchev–Trinajstić information content (AvgIpc) is 2.56. The molecule has 0 aliphatic heterocycles. The highest BCUT2D eigenvalue weighted by Crippen LogP contribution is 2.28. The highest BCUT2D eigenvalue weighted by Gasteiger charge is 2.08. The van der Waals surface area contributed by atoms with Crippen molar-refractivity contribution in [2.24, 2.45) is 0 Å². The van der Waals surface area contributed by atoms with E-state index in [2.05, 4.69) is 0 Å². The number of phenols is 1. The summed E-state index contributed by atoms with van der Waals surface area (Å²) in [5, 5.41) is 9.21. The lowest BCUT2D eigenvalue weighted by Crippen LogP contribution is -2.05. The van der Waals surface area contributed by atoms with E-state index in [1.807, 2.05) is 25.1 Å². The van der Waals surface area contributed by atoms with Crippen molar-refractivity contribution in [2.45, 2.75) is 6.92 Å². The van der Waals surface area contributed by atoms with Crippen LogP contribution in [0.1, 0.15) is 18.1 Å². The van der Waals surface area contributed by atoms with Gasteiger partial charge in [-0.25, -0.2) is 4.79 Å². The number of phenolic OH excluding ortho intramolecular Hbond substituents is 1. The van der Waals surface area contributed by atoms with Gasteiger partial charge in [0.05, 0.1) is 7.11 Å². The monoisotopic (exact) mass is 310 g/mol. The number of rotatable bonds is 5. The Balaban J connectivity index is 2.09. The third-order valence-electron chi connectivity index (χ3n) is 3.06. The van der Waals surface area contributed by atoms with Crippen molar-refractivity contribution < 1.29 is 19.4 Å². The molecule has 0 amide bonds. The van der Waals surface area contributed by atoms with Gasteiger partial charge in [-0.1, -0.05) is 30.4 Å². The van der Waals surface area contributed by atoms with Crippen LogP contribution >= 0.6 is 0 Å². The minimum Gasteiger partial charge on any atom is -0.508 e. The van der Waals surface area contributed by atoms with Crippen LogP contribution in [0.4, 0.5) is 0 Å². The Morgan fingerprint density at radius 3 is 2.35 bits per heavy atom. The van der Waals surface area contributed by atoms with Gasteiger partial charge >= 0.3 is 5.97 Å². The van der Waals surface area contributed by atoms with Crippen molar-refractivity contribution in [3.8, 4) is 17.2 Å². The molecule has 4 heteroatoms. The molecule has 23 heavy (non-hydrogen) atoms. The number of methoxy groups -OCH3 is 1. The molecule has 0 saturated carbocycles. The average molecular weight is 310 g/mol. The van der Waals surface area contributed by atoms with Gasteiger partial charge < -0.3 is 14.6 Å². The Hall–Kier alpha value is -3.01. The Labute approximate surface area is 135 Å². The van der Waals surface area contributed by atoms with E-state index in [4.69, 9.17) is 9.47 Å². The molecule has 0 fully saturated rings. The number of esters is 1. The molecule has 0 radical (unpaired) electrons. The fraction of sp³-hybridized carbons (Fsp3) is 0.105. The molecule has 4 nitrogen and oxygen atoms in total. The fourth-order valence-corrected chi connectivity index (χ4v) is 1.96. The molecule has 0 heterocycles. The summed E-state index contributed by atoms with van der Waals surface area (Å²) < 4.78 is 10.5.